The highest BCUT2D eigenvalue weighted by Gasteiger charge is 2.21. The Balaban J connectivity index is 1.83. The first kappa shape index (κ1) is 11.5. The van der Waals surface area contributed by atoms with Gasteiger partial charge in [-0.2, -0.15) is 4.98 Å². The molecule has 0 aliphatic heterocycles. The van der Waals surface area contributed by atoms with Gasteiger partial charge in [0, 0.05) is 6.04 Å². The first-order valence-corrected chi connectivity index (χ1v) is 5.96. The number of nitrogens with zero attached hydrogens (tertiary/aromatic N) is 2. The minimum Gasteiger partial charge on any atom is -0.392 e. The van der Waals surface area contributed by atoms with Crippen LogP contribution in [0.2, 0.25) is 0 Å². The van der Waals surface area contributed by atoms with Crippen LogP contribution in [0.3, 0.4) is 0 Å². The minimum atomic E-state index is -0.244. The molecule has 1 heterocycles. The van der Waals surface area contributed by atoms with E-state index in [1.54, 1.807) is 6.92 Å². The van der Waals surface area contributed by atoms with Gasteiger partial charge >= 0.3 is 0 Å². The largest absolute Gasteiger partial charge is 0.392 e. The average molecular weight is 225 g/mol. The Kier molecular flexibility index (Phi) is 3.90. The van der Waals surface area contributed by atoms with E-state index in [1.165, 1.54) is 12.8 Å². The number of nitrogens with one attached hydrogen (secondary N) is 1. The van der Waals surface area contributed by atoms with Crippen molar-refractivity contribution in [2.45, 2.75) is 57.7 Å². The zero-order valence-corrected chi connectivity index (χ0v) is 9.65. The van der Waals surface area contributed by atoms with E-state index in [9.17, 15) is 5.11 Å². The molecule has 2 atom stereocenters. The Labute approximate surface area is 95.2 Å². The summed E-state index contributed by atoms with van der Waals surface area (Å²) >= 11 is 0. The summed E-state index contributed by atoms with van der Waals surface area (Å²) in [5.74, 6) is 1.24. The molecule has 1 aliphatic carbocycles. The maximum atomic E-state index is 9.90. The fraction of sp³-hybridized carbons (Fsp3) is 0.818. The molecule has 2 unspecified atom stereocenters. The Bertz CT molecular complexity index is 327. The van der Waals surface area contributed by atoms with Crippen molar-refractivity contribution in [1.29, 1.82) is 0 Å². The zero-order valence-electron chi connectivity index (χ0n) is 9.65. The van der Waals surface area contributed by atoms with Crippen molar-refractivity contribution in [2.24, 2.45) is 0 Å². The first-order valence-electron chi connectivity index (χ1n) is 5.96. The molecule has 5 nitrogen and oxygen atoms in total. The predicted octanol–water partition coefficient (Wildman–Crippen LogP) is 1.16. The van der Waals surface area contributed by atoms with Crippen LogP contribution in [-0.4, -0.2) is 27.4 Å². The van der Waals surface area contributed by atoms with E-state index in [2.05, 4.69) is 15.5 Å². The van der Waals surface area contributed by atoms with Crippen molar-refractivity contribution in [2.75, 3.05) is 0 Å². The lowest BCUT2D eigenvalue weighted by Crippen LogP contribution is -2.38. The van der Waals surface area contributed by atoms with Crippen LogP contribution < -0.4 is 5.32 Å². The second-order valence-electron chi connectivity index (χ2n) is 4.43. The summed E-state index contributed by atoms with van der Waals surface area (Å²) in [6, 6.07) is 0.162. The molecule has 1 saturated carbocycles. The van der Waals surface area contributed by atoms with Crippen LogP contribution in [0.4, 0.5) is 0 Å². The Morgan fingerprint density at radius 3 is 2.94 bits per heavy atom. The van der Waals surface area contributed by atoms with Gasteiger partial charge in [0.15, 0.2) is 5.82 Å². The number of hydrogen-bond acceptors (Lipinski definition) is 5. The SMILES string of the molecule is Cc1noc(CNC2CCCCCC2O)n1. The van der Waals surface area contributed by atoms with Crippen LogP contribution in [0.25, 0.3) is 0 Å². The molecule has 2 N–H and O–H groups in total. The second kappa shape index (κ2) is 5.41. The smallest absolute Gasteiger partial charge is 0.240 e. The van der Waals surface area contributed by atoms with Crippen molar-refractivity contribution < 1.29 is 9.63 Å². The van der Waals surface area contributed by atoms with Crippen molar-refractivity contribution in [3.05, 3.63) is 11.7 Å². The molecule has 2 rings (SSSR count). The summed E-state index contributed by atoms with van der Waals surface area (Å²) in [6.07, 6.45) is 5.19. The number of aliphatic hydroxyl groups excluding tert-OH is 1. The van der Waals surface area contributed by atoms with Gasteiger partial charge in [-0.3, -0.25) is 0 Å². The highest BCUT2D eigenvalue weighted by molar-refractivity contribution is 4.85. The molecule has 0 radical (unpaired) electrons. The third-order valence-corrected chi connectivity index (χ3v) is 3.06. The molecule has 5 heteroatoms. The number of aliphatic hydroxyl groups is 1. The quantitative estimate of drug-likeness (QED) is 0.755. The lowest BCUT2D eigenvalue weighted by atomic mass is 10.1. The molecule has 0 aromatic carbocycles. The fourth-order valence-corrected chi connectivity index (χ4v) is 2.16. The van der Waals surface area contributed by atoms with Gasteiger partial charge in [-0.25, -0.2) is 0 Å². The Morgan fingerprint density at radius 1 is 1.38 bits per heavy atom. The molecular formula is C11H19N3O2. The van der Waals surface area contributed by atoms with E-state index >= 15 is 0 Å². The zero-order chi connectivity index (χ0) is 11.4. The molecule has 0 saturated heterocycles. The monoisotopic (exact) mass is 225 g/mol. The average Bonchev–Trinajstić information content (AvgIpc) is 2.56. The van der Waals surface area contributed by atoms with Crippen LogP contribution in [0, 0.1) is 6.92 Å². The second-order valence-corrected chi connectivity index (χ2v) is 4.43. The van der Waals surface area contributed by atoms with Crippen molar-refractivity contribution in [3.63, 3.8) is 0 Å². The van der Waals surface area contributed by atoms with Gasteiger partial charge in [-0.05, 0) is 19.8 Å². The maximum absolute atomic E-state index is 9.90. The van der Waals surface area contributed by atoms with Crippen LogP contribution in [-0.2, 0) is 6.54 Å². The lowest BCUT2D eigenvalue weighted by Gasteiger charge is -2.20. The molecular weight excluding hydrogens is 206 g/mol. The van der Waals surface area contributed by atoms with Gasteiger partial charge in [0.1, 0.15) is 0 Å². The molecule has 0 amide bonds. The van der Waals surface area contributed by atoms with Crippen molar-refractivity contribution >= 4 is 0 Å². The van der Waals surface area contributed by atoms with Gasteiger partial charge < -0.3 is 14.9 Å². The van der Waals surface area contributed by atoms with E-state index in [1.807, 2.05) is 0 Å². The van der Waals surface area contributed by atoms with E-state index in [-0.39, 0.29) is 12.1 Å². The fourth-order valence-electron chi connectivity index (χ4n) is 2.16. The lowest BCUT2D eigenvalue weighted by molar-refractivity contribution is 0.117. The van der Waals surface area contributed by atoms with Gasteiger partial charge in [-0.1, -0.05) is 24.4 Å². The van der Waals surface area contributed by atoms with Gasteiger partial charge in [0.2, 0.25) is 5.89 Å². The number of rotatable bonds is 3. The summed E-state index contributed by atoms with van der Waals surface area (Å²) in [5.41, 5.74) is 0. The highest BCUT2D eigenvalue weighted by atomic mass is 16.5. The molecule has 1 aromatic rings. The molecule has 0 bridgehead atoms. The topological polar surface area (TPSA) is 71.2 Å². The van der Waals surface area contributed by atoms with Crippen molar-refractivity contribution in [3.8, 4) is 0 Å². The molecule has 16 heavy (non-hydrogen) atoms. The summed E-state index contributed by atoms with van der Waals surface area (Å²) in [7, 11) is 0. The van der Waals surface area contributed by atoms with Crippen LogP contribution in [0.15, 0.2) is 4.52 Å². The van der Waals surface area contributed by atoms with Gasteiger partial charge in [0.05, 0.1) is 12.6 Å². The molecule has 1 aliphatic rings. The van der Waals surface area contributed by atoms with E-state index < -0.39 is 0 Å². The number of aryl methyl sites for hydroxylation is 1. The third kappa shape index (κ3) is 3.02. The molecule has 0 spiro atoms. The van der Waals surface area contributed by atoms with Crippen LogP contribution >= 0.6 is 0 Å². The van der Waals surface area contributed by atoms with Gasteiger partial charge in [-0.15, -0.1) is 0 Å². The highest BCUT2D eigenvalue weighted by Crippen LogP contribution is 2.18. The third-order valence-electron chi connectivity index (χ3n) is 3.06. The number of aromatic nitrogens is 2. The van der Waals surface area contributed by atoms with Crippen LogP contribution in [0.5, 0.6) is 0 Å². The summed E-state index contributed by atoms with van der Waals surface area (Å²) in [6.45, 7) is 2.34. The summed E-state index contributed by atoms with van der Waals surface area (Å²) in [4.78, 5) is 4.12. The predicted molar refractivity (Wildman–Crippen MR) is 58.8 cm³/mol. The Morgan fingerprint density at radius 2 is 2.19 bits per heavy atom. The van der Waals surface area contributed by atoms with E-state index in [0.29, 0.717) is 18.3 Å². The Hall–Kier alpha value is -0.940. The summed E-state index contributed by atoms with van der Waals surface area (Å²) in [5, 5.41) is 16.9. The first-order chi connectivity index (χ1) is 7.75. The molecule has 1 aromatic heterocycles. The number of hydrogen-bond donors (Lipinski definition) is 2. The molecule has 1 fully saturated rings. The summed E-state index contributed by atoms with van der Waals surface area (Å²) < 4.78 is 5.02. The minimum absolute atomic E-state index is 0.162. The molecule has 90 valence electrons. The normalized spacial score (nSPS) is 26.6. The van der Waals surface area contributed by atoms with E-state index in [0.717, 1.165) is 19.3 Å². The maximum Gasteiger partial charge on any atom is 0.240 e. The van der Waals surface area contributed by atoms with Gasteiger partial charge in [0.25, 0.3) is 0 Å². The van der Waals surface area contributed by atoms with E-state index in [4.69, 9.17) is 4.52 Å². The van der Waals surface area contributed by atoms with Crippen LogP contribution in [0.1, 0.15) is 43.8 Å². The van der Waals surface area contributed by atoms with Crippen molar-refractivity contribution in [1.82, 2.24) is 15.5 Å². The standard InChI is InChI=1S/C11H19N3O2/c1-8-13-11(16-14-8)7-12-9-5-3-2-4-6-10(9)15/h9-10,12,15H,2-7H2,1H3.